The molecule has 0 aliphatic heterocycles. The third kappa shape index (κ3) is 3.73. The Kier molecular flexibility index (Phi) is 5.11. The number of imidazole rings is 1. The molecule has 2 aromatic rings. The van der Waals surface area contributed by atoms with Crippen LogP contribution in [0.5, 0.6) is 0 Å². The van der Waals surface area contributed by atoms with E-state index in [1.165, 1.54) is 18.0 Å². The van der Waals surface area contributed by atoms with Crippen LogP contribution in [-0.4, -0.2) is 10.5 Å². The molecule has 0 radical (unpaired) electrons. The second kappa shape index (κ2) is 6.59. The van der Waals surface area contributed by atoms with Crippen molar-refractivity contribution in [3.05, 3.63) is 54.1 Å². The monoisotopic (exact) mass is 246 g/mol. The molecule has 4 heteroatoms. The fraction of sp³-hybridized carbons (Fsp3) is 0.286. The zero-order chi connectivity index (χ0) is 13.5. The summed E-state index contributed by atoms with van der Waals surface area (Å²) in [6.07, 6.45) is 4.16. The summed E-state index contributed by atoms with van der Waals surface area (Å²) in [5.41, 5.74) is 0.220. The molecule has 0 bridgehead atoms. The van der Waals surface area contributed by atoms with Crippen molar-refractivity contribution in [3.63, 3.8) is 0 Å². The van der Waals surface area contributed by atoms with E-state index in [0.29, 0.717) is 0 Å². The predicted molar refractivity (Wildman–Crippen MR) is 66.8 cm³/mol. The Morgan fingerprint density at radius 3 is 2.22 bits per heavy atom. The number of nitrogens with zero attached hydrogens (tertiary/aromatic N) is 2. The van der Waals surface area contributed by atoms with E-state index in [-0.39, 0.29) is 5.56 Å². The molecule has 1 aromatic heterocycles. The van der Waals surface area contributed by atoms with E-state index in [0.717, 1.165) is 6.54 Å². The standard InChI is InChI=1S/C7H13N2.C7H6O2/c1-4-9-6-5-8(3)7(9)2;8-7(9)6-4-2-1-3-5-6/h5-6H,4H2,1-3H3;1-5H,(H,8,9)/q+1;/p-1. The molecule has 96 valence electrons. The van der Waals surface area contributed by atoms with Gasteiger partial charge in [-0.15, -0.1) is 0 Å². The van der Waals surface area contributed by atoms with Crippen LogP contribution in [0.1, 0.15) is 23.1 Å². The molecule has 2 rings (SSSR count). The molecule has 4 nitrogen and oxygen atoms in total. The van der Waals surface area contributed by atoms with E-state index >= 15 is 0 Å². The van der Waals surface area contributed by atoms with Crippen molar-refractivity contribution in [1.82, 2.24) is 4.57 Å². The lowest BCUT2D eigenvalue weighted by atomic mass is 10.2. The lowest BCUT2D eigenvalue weighted by Gasteiger charge is -1.97. The van der Waals surface area contributed by atoms with Gasteiger partial charge in [0.05, 0.1) is 19.6 Å². The normalized spacial score (nSPS) is 9.50. The predicted octanol–water partition coefficient (Wildman–Crippen LogP) is 0.691. The van der Waals surface area contributed by atoms with Gasteiger partial charge in [0.25, 0.3) is 5.82 Å². The highest BCUT2D eigenvalue weighted by Crippen LogP contribution is 1.94. The van der Waals surface area contributed by atoms with Crippen molar-refractivity contribution < 1.29 is 14.5 Å². The molecule has 0 aliphatic carbocycles. The SMILES string of the molecule is CCn1cc[n+](C)c1C.O=C([O-])c1ccccc1. The van der Waals surface area contributed by atoms with Crippen molar-refractivity contribution in [2.24, 2.45) is 7.05 Å². The fourth-order valence-corrected chi connectivity index (χ4v) is 1.51. The number of carboxylic acids is 1. The maximum atomic E-state index is 10.1. The van der Waals surface area contributed by atoms with E-state index in [2.05, 4.69) is 42.4 Å². The van der Waals surface area contributed by atoms with Gasteiger partial charge in [-0.1, -0.05) is 30.3 Å². The third-order valence-corrected chi connectivity index (χ3v) is 2.75. The summed E-state index contributed by atoms with van der Waals surface area (Å²) in [6.45, 7) is 5.32. The van der Waals surface area contributed by atoms with Gasteiger partial charge in [-0.3, -0.25) is 0 Å². The molecule has 0 saturated carbocycles. The molecular formula is C14H18N2O2. The summed E-state index contributed by atoms with van der Waals surface area (Å²) in [5.74, 6) is 0.174. The molecule has 0 saturated heterocycles. The number of aromatic carboxylic acids is 1. The first-order chi connectivity index (χ1) is 8.56. The number of aromatic nitrogens is 2. The van der Waals surface area contributed by atoms with Gasteiger partial charge < -0.3 is 9.90 Å². The first-order valence-corrected chi connectivity index (χ1v) is 5.84. The molecule has 0 spiro atoms. The van der Waals surface area contributed by atoms with Crippen LogP contribution in [-0.2, 0) is 13.6 Å². The maximum Gasteiger partial charge on any atom is 0.252 e. The van der Waals surface area contributed by atoms with E-state index in [1.54, 1.807) is 18.2 Å². The summed E-state index contributed by atoms with van der Waals surface area (Å²) in [5, 5.41) is 10.1. The Balaban J connectivity index is 0.000000180. The van der Waals surface area contributed by atoms with Crippen molar-refractivity contribution >= 4 is 5.97 Å². The van der Waals surface area contributed by atoms with Crippen LogP contribution >= 0.6 is 0 Å². The van der Waals surface area contributed by atoms with Gasteiger partial charge in [-0.05, 0) is 12.5 Å². The highest BCUT2D eigenvalue weighted by Gasteiger charge is 2.03. The molecule has 0 amide bonds. The van der Waals surface area contributed by atoms with Gasteiger partial charge in [-0.25, -0.2) is 9.13 Å². The van der Waals surface area contributed by atoms with Gasteiger partial charge >= 0.3 is 0 Å². The van der Waals surface area contributed by atoms with E-state index in [1.807, 2.05) is 0 Å². The van der Waals surface area contributed by atoms with E-state index in [4.69, 9.17) is 0 Å². The first-order valence-electron chi connectivity index (χ1n) is 5.84. The van der Waals surface area contributed by atoms with Crippen molar-refractivity contribution in [2.45, 2.75) is 20.4 Å². The number of benzene rings is 1. The molecule has 0 fully saturated rings. The quantitative estimate of drug-likeness (QED) is 0.732. The zero-order valence-electron chi connectivity index (χ0n) is 11.0. The molecule has 0 atom stereocenters. The van der Waals surface area contributed by atoms with Crippen LogP contribution in [0.4, 0.5) is 0 Å². The van der Waals surface area contributed by atoms with Crippen molar-refractivity contribution in [3.8, 4) is 0 Å². The molecule has 1 aromatic carbocycles. The average Bonchev–Trinajstić information content (AvgIpc) is 2.71. The summed E-state index contributed by atoms with van der Waals surface area (Å²) >= 11 is 0. The summed E-state index contributed by atoms with van der Waals surface area (Å²) in [7, 11) is 2.06. The number of rotatable bonds is 2. The highest BCUT2D eigenvalue weighted by atomic mass is 16.4. The molecule has 0 aliphatic rings. The largest absolute Gasteiger partial charge is 0.545 e. The lowest BCUT2D eigenvalue weighted by molar-refractivity contribution is -0.677. The van der Waals surface area contributed by atoms with Crippen molar-refractivity contribution in [1.29, 1.82) is 0 Å². The number of hydrogen-bond donors (Lipinski definition) is 0. The van der Waals surface area contributed by atoms with Crippen LogP contribution in [0.25, 0.3) is 0 Å². The van der Waals surface area contributed by atoms with Crippen LogP contribution in [0.2, 0.25) is 0 Å². The van der Waals surface area contributed by atoms with Crippen LogP contribution in [0, 0.1) is 6.92 Å². The summed E-state index contributed by atoms with van der Waals surface area (Å²) in [6, 6.07) is 8.06. The Morgan fingerprint density at radius 2 is 1.94 bits per heavy atom. The summed E-state index contributed by atoms with van der Waals surface area (Å²) in [4.78, 5) is 10.1. The highest BCUT2D eigenvalue weighted by molar-refractivity contribution is 5.85. The van der Waals surface area contributed by atoms with Crippen LogP contribution < -0.4 is 9.67 Å². The number of aryl methyl sites for hydroxylation is 2. The molecule has 1 heterocycles. The van der Waals surface area contributed by atoms with Crippen LogP contribution in [0.15, 0.2) is 42.7 Å². The Labute approximate surface area is 107 Å². The molecular weight excluding hydrogens is 228 g/mol. The van der Waals surface area contributed by atoms with Gasteiger partial charge in [0.15, 0.2) is 0 Å². The van der Waals surface area contributed by atoms with E-state index in [9.17, 15) is 9.90 Å². The van der Waals surface area contributed by atoms with Crippen LogP contribution in [0.3, 0.4) is 0 Å². The summed E-state index contributed by atoms with van der Waals surface area (Å²) < 4.78 is 4.32. The van der Waals surface area contributed by atoms with Gasteiger partial charge in [0.2, 0.25) is 0 Å². The Morgan fingerprint density at radius 1 is 1.33 bits per heavy atom. The minimum Gasteiger partial charge on any atom is -0.545 e. The second-order valence-corrected chi connectivity index (χ2v) is 3.90. The van der Waals surface area contributed by atoms with Crippen molar-refractivity contribution in [2.75, 3.05) is 0 Å². The smallest absolute Gasteiger partial charge is 0.252 e. The number of hydrogen-bond acceptors (Lipinski definition) is 2. The molecule has 0 unspecified atom stereocenters. The number of carbonyl (C=O) groups is 1. The van der Waals surface area contributed by atoms with Gasteiger partial charge in [0, 0.05) is 6.92 Å². The number of carboxylic acid groups (broad SMARTS) is 1. The van der Waals surface area contributed by atoms with E-state index < -0.39 is 5.97 Å². The minimum atomic E-state index is -1.13. The number of carbonyl (C=O) groups excluding carboxylic acids is 1. The average molecular weight is 246 g/mol. The maximum absolute atomic E-state index is 10.1. The lowest BCUT2D eigenvalue weighted by Crippen LogP contribution is -2.29. The zero-order valence-corrected chi connectivity index (χ0v) is 11.0. The Bertz CT molecular complexity index is 504. The topological polar surface area (TPSA) is 48.9 Å². The Hall–Kier alpha value is -2.10. The fourth-order valence-electron chi connectivity index (χ4n) is 1.51. The second-order valence-electron chi connectivity index (χ2n) is 3.90. The third-order valence-electron chi connectivity index (χ3n) is 2.75. The minimum absolute atomic E-state index is 0.220. The molecule has 18 heavy (non-hydrogen) atoms. The molecule has 0 N–H and O–H groups in total. The van der Waals surface area contributed by atoms with Gasteiger partial charge in [0.1, 0.15) is 12.4 Å². The van der Waals surface area contributed by atoms with Gasteiger partial charge in [-0.2, -0.15) is 0 Å². The first kappa shape index (κ1) is 14.0.